The number of rotatable bonds is 1. The van der Waals surface area contributed by atoms with Gasteiger partial charge in [0, 0.05) is 30.3 Å². The van der Waals surface area contributed by atoms with Crippen LogP contribution in [-0.4, -0.2) is 24.6 Å². The van der Waals surface area contributed by atoms with E-state index in [1.54, 1.807) is 16.7 Å². The Labute approximate surface area is 91.4 Å². The summed E-state index contributed by atoms with van der Waals surface area (Å²) in [6.07, 6.45) is 0. The lowest BCUT2D eigenvalue weighted by Crippen LogP contribution is -2.33. The molecule has 0 radical (unpaired) electrons. The molecule has 1 heterocycles. The molecule has 1 aromatic rings. The highest BCUT2D eigenvalue weighted by Gasteiger charge is 2.19. The molecule has 0 amide bonds. The van der Waals surface area contributed by atoms with Gasteiger partial charge in [-0.05, 0) is 12.1 Å². The van der Waals surface area contributed by atoms with Crippen LogP contribution >= 0.6 is 11.8 Å². The molecule has 2 nitrogen and oxygen atoms in total. The van der Waals surface area contributed by atoms with Crippen molar-refractivity contribution in [3.05, 3.63) is 23.8 Å². The quantitative estimate of drug-likeness (QED) is 0.749. The Morgan fingerprint density at radius 1 is 1.13 bits per heavy atom. The van der Waals surface area contributed by atoms with E-state index in [4.69, 9.17) is 5.73 Å². The third-order valence-corrected chi connectivity index (χ3v) is 3.31. The van der Waals surface area contributed by atoms with Crippen molar-refractivity contribution in [3.63, 3.8) is 0 Å². The van der Waals surface area contributed by atoms with Crippen LogP contribution in [0, 0.1) is 11.6 Å². The number of nitrogens with two attached hydrogens (primary N) is 1. The number of hydrogen-bond acceptors (Lipinski definition) is 3. The maximum atomic E-state index is 13.5. The molecule has 1 aliphatic rings. The molecule has 2 N–H and O–H groups in total. The fraction of sp³-hybridized carbons (Fsp3) is 0.400. The largest absolute Gasteiger partial charge is 0.399 e. The lowest BCUT2D eigenvalue weighted by molar-refractivity contribution is 0.575. The Hall–Kier alpha value is -0.970. The maximum Gasteiger partial charge on any atom is 0.151 e. The number of nitrogen functional groups attached to an aromatic ring is 1. The minimum Gasteiger partial charge on any atom is -0.399 e. The van der Waals surface area contributed by atoms with Gasteiger partial charge in [-0.2, -0.15) is 11.8 Å². The van der Waals surface area contributed by atoms with Gasteiger partial charge in [-0.3, -0.25) is 0 Å². The maximum absolute atomic E-state index is 13.5. The summed E-state index contributed by atoms with van der Waals surface area (Å²) < 4.78 is 27.1. The van der Waals surface area contributed by atoms with Gasteiger partial charge in [0.1, 0.15) is 5.69 Å². The smallest absolute Gasteiger partial charge is 0.151 e. The minimum atomic E-state index is -0.570. The van der Waals surface area contributed by atoms with Gasteiger partial charge in [0.05, 0.1) is 0 Å². The second-order valence-electron chi connectivity index (χ2n) is 3.43. The summed E-state index contributed by atoms with van der Waals surface area (Å²) in [4.78, 5) is 1.74. The van der Waals surface area contributed by atoms with E-state index in [2.05, 4.69) is 0 Å². The van der Waals surface area contributed by atoms with Crippen LogP contribution in [0.2, 0.25) is 0 Å². The Balaban J connectivity index is 2.33. The topological polar surface area (TPSA) is 29.3 Å². The molecule has 1 fully saturated rings. The van der Waals surface area contributed by atoms with Crippen molar-refractivity contribution < 1.29 is 8.78 Å². The van der Waals surface area contributed by atoms with Gasteiger partial charge in [-0.1, -0.05) is 0 Å². The van der Waals surface area contributed by atoms with Crippen LogP contribution in [0.15, 0.2) is 12.1 Å². The Bertz CT molecular complexity index is 341. The van der Waals surface area contributed by atoms with Crippen molar-refractivity contribution in [1.29, 1.82) is 0 Å². The van der Waals surface area contributed by atoms with Gasteiger partial charge in [0.2, 0.25) is 0 Å². The molecule has 1 aliphatic heterocycles. The molecule has 1 saturated heterocycles. The molecule has 2 rings (SSSR count). The summed E-state index contributed by atoms with van der Waals surface area (Å²) in [5.74, 6) is 0.672. The van der Waals surface area contributed by atoms with Crippen molar-refractivity contribution >= 4 is 23.1 Å². The molecule has 0 saturated carbocycles. The van der Waals surface area contributed by atoms with Crippen LogP contribution in [0.1, 0.15) is 0 Å². The van der Waals surface area contributed by atoms with Crippen molar-refractivity contribution in [3.8, 4) is 0 Å². The molecule has 15 heavy (non-hydrogen) atoms. The van der Waals surface area contributed by atoms with E-state index >= 15 is 0 Å². The number of benzene rings is 1. The molecular weight excluding hydrogens is 218 g/mol. The predicted molar refractivity (Wildman–Crippen MR) is 60.3 cm³/mol. The molecule has 82 valence electrons. The summed E-state index contributed by atoms with van der Waals surface area (Å²) in [6, 6.07) is 2.33. The first-order chi connectivity index (χ1) is 7.18. The first-order valence-corrected chi connectivity index (χ1v) is 5.91. The number of nitrogens with zero attached hydrogens (tertiary/aromatic N) is 1. The van der Waals surface area contributed by atoms with E-state index in [1.807, 2.05) is 0 Å². The van der Waals surface area contributed by atoms with Gasteiger partial charge in [-0.15, -0.1) is 0 Å². The van der Waals surface area contributed by atoms with Gasteiger partial charge in [0.25, 0.3) is 0 Å². The van der Waals surface area contributed by atoms with E-state index in [1.165, 1.54) is 12.1 Å². The predicted octanol–water partition coefficient (Wildman–Crippen LogP) is 2.10. The van der Waals surface area contributed by atoms with E-state index in [9.17, 15) is 8.78 Å². The SMILES string of the molecule is Nc1cc(F)c(N2CCSCC2)c(F)c1. The van der Waals surface area contributed by atoms with E-state index < -0.39 is 11.6 Å². The first-order valence-electron chi connectivity index (χ1n) is 4.75. The lowest BCUT2D eigenvalue weighted by atomic mass is 10.2. The highest BCUT2D eigenvalue weighted by Crippen LogP contribution is 2.27. The third-order valence-electron chi connectivity index (χ3n) is 2.37. The Morgan fingerprint density at radius 3 is 2.20 bits per heavy atom. The van der Waals surface area contributed by atoms with Crippen molar-refractivity contribution in [2.45, 2.75) is 0 Å². The average Bonchev–Trinajstić information content (AvgIpc) is 2.17. The van der Waals surface area contributed by atoms with Crippen LogP contribution in [0.5, 0.6) is 0 Å². The monoisotopic (exact) mass is 230 g/mol. The second kappa shape index (κ2) is 4.26. The fourth-order valence-electron chi connectivity index (χ4n) is 1.67. The van der Waals surface area contributed by atoms with Crippen LogP contribution in [0.3, 0.4) is 0 Å². The van der Waals surface area contributed by atoms with E-state index in [0.717, 1.165) is 11.5 Å². The highest BCUT2D eigenvalue weighted by atomic mass is 32.2. The summed E-state index contributed by atoms with van der Waals surface area (Å²) >= 11 is 1.80. The zero-order valence-corrected chi connectivity index (χ0v) is 8.99. The van der Waals surface area contributed by atoms with Crippen LogP contribution < -0.4 is 10.6 Å². The standard InChI is InChI=1S/C10H12F2N2S/c11-8-5-7(13)6-9(12)10(8)14-1-3-15-4-2-14/h5-6H,1-4,13H2. The Kier molecular flexibility index (Phi) is 3.00. The normalized spacial score (nSPS) is 16.8. The number of hydrogen-bond donors (Lipinski definition) is 1. The van der Waals surface area contributed by atoms with Crippen molar-refractivity contribution in [2.75, 3.05) is 35.2 Å². The summed E-state index contributed by atoms with van der Waals surface area (Å²) in [5, 5.41) is 0. The van der Waals surface area contributed by atoms with E-state index in [0.29, 0.717) is 13.1 Å². The minimum absolute atomic E-state index is 0.0597. The van der Waals surface area contributed by atoms with Crippen LogP contribution in [-0.2, 0) is 0 Å². The molecular formula is C10H12F2N2S. The van der Waals surface area contributed by atoms with Crippen molar-refractivity contribution in [2.24, 2.45) is 0 Å². The number of anilines is 2. The summed E-state index contributed by atoms with van der Waals surface area (Å²) in [6.45, 7) is 1.37. The van der Waals surface area contributed by atoms with Gasteiger partial charge < -0.3 is 10.6 Å². The van der Waals surface area contributed by atoms with Crippen LogP contribution in [0.4, 0.5) is 20.2 Å². The van der Waals surface area contributed by atoms with Gasteiger partial charge in [0.15, 0.2) is 11.6 Å². The molecule has 0 atom stereocenters. The van der Waals surface area contributed by atoms with Gasteiger partial charge >= 0.3 is 0 Å². The van der Waals surface area contributed by atoms with E-state index in [-0.39, 0.29) is 11.4 Å². The zero-order valence-electron chi connectivity index (χ0n) is 8.17. The molecule has 0 aromatic heterocycles. The summed E-state index contributed by atoms with van der Waals surface area (Å²) in [5.41, 5.74) is 5.54. The molecule has 0 spiro atoms. The molecule has 0 bridgehead atoms. The van der Waals surface area contributed by atoms with Crippen LogP contribution in [0.25, 0.3) is 0 Å². The van der Waals surface area contributed by atoms with Gasteiger partial charge in [-0.25, -0.2) is 8.78 Å². The third kappa shape index (κ3) is 2.17. The molecule has 0 unspecified atom stereocenters. The second-order valence-corrected chi connectivity index (χ2v) is 4.66. The lowest BCUT2D eigenvalue weighted by Gasteiger charge is -2.29. The average molecular weight is 230 g/mol. The number of thioether (sulfide) groups is 1. The highest BCUT2D eigenvalue weighted by molar-refractivity contribution is 7.99. The zero-order chi connectivity index (χ0) is 10.8. The summed E-state index contributed by atoms with van der Waals surface area (Å²) in [7, 11) is 0. The first kappa shape index (κ1) is 10.5. The molecule has 0 aliphatic carbocycles. The Morgan fingerprint density at radius 2 is 1.67 bits per heavy atom. The van der Waals surface area contributed by atoms with Crippen molar-refractivity contribution in [1.82, 2.24) is 0 Å². The fourth-order valence-corrected chi connectivity index (χ4v) is 2.58. The molecule has 5 heteroatoms. The number of halogens is 2. The molecule has 1 aromatic carbocycles.